The maximum Gasteiger partial charge on any atom is 0.238 e. The van der Waals surface area contributed by atoms with Gasteiger partial charge in [-0.25, -0.2) is 4.98 Å². The number of fused-ring (bicyclic) bond motifs is 15. The van der Waals surface area contributed by atoms with E-state index in [4.69, 9.17) is 15.0 Å². The van der Waals surface area contributed by atoms with Gasteiger partial charge in [0.15, 0.2) is 11.6 Å². The normalized spacial score (nSPS) is 11.8. The van der Waals surface area contributed by atoms with Crippen molar-refractivity contribution in [3.8, 4) is 39.9 Å². The molecule has 0 amide bonds. The van der Waals surface area contributed by atoms with Gasteiger partial charge in [0, 0.05) is 53.0 Å². The Kier molecular flexibility index (Phi) is 8.80. The Morgan fingerprint density at radius 2 is 0.848 bits per heavy atom. The van der Waals surface area contributed by atoms with Crippen molar-refractivity contribution in [3.63, 3.8) is 0 Å². The summed E-state index contributed by atoms with van der Waals surface area (Å²) in [6, 6.07) is 74.5. The van der Waals surface area contributed by atoms with Crippen molar-refractivity contribution in [2.45, 2.75) is 13.8 Å². The van der Waals surface area contributed by atoms with E-state index in [-0.39, 0.29) is 0 Å². The minimum Gasteiger partial charge on any atom is -0.277 e. The number of aromatic nitrogens is 4. The van der Waals surface area contributed by atoms with Gasteiger partial charge in [-0.05, 0) is 84.4 Å². The first kappa shape index (κ1) is 38.2. The van der Waals surface area contributed by atoms with Crippen LogP contribution in [0.4, 0.5) is 0 Å². The van der Waals surface area contributed by atoms with Crippen molar-refractivity contribution in [2.75, 3.05) is 0 Å². The summed E-state index contributed by atoms with van der Waals surface area (Å²) in [7, 11) is 0. The summed E-state index contributed by atoms with van der Waals surface area (Å²) < 4.78 is 4.91. The van der Waals surface area contributed by atoms with E-state index < -0.39 is 0 Å². The molecule has 0 saturated carbocycles. The van der Waals surface area contributed by atoms with Crippen LogP contribution in [0.15, 0.2) is 206 Å². The van der Waals surface area contributed by atoms with Crippen molar-refractivity contribution in [1.82, 2.24) is 19.5 Å². The second-order valence-corrected chi connectivity index (χ2v) is 17.8. The van der Waals surface area contributed by atoms with Crippen LogP contribution in [0.1, 0.15) is 13.8 Å². The maximum atomic E-state index is 5.52. The third-order valence-corrected chi connectivity index (χ3v) is 14.3. The maximum absolute atomic E-state index is 5.52. The molecule has 310 valence electrons. The molecule has 0 bridgehead atoms. The van der Waals surface area contributed by atoms with Gasteiger partial charge in [0.05, 0.1) is 11.0 Å². The van der Waals surface area contributed by atoms with Gasteiger partial charge in [0.2, 0.25) is 5.95 Å². The lowest BCUT2D eigenvalue weighted by Crippen LogP contribution is -2.07. The molecule has 0 fully saturated rings. The summed E-state index contributed by atoms with van der Waals surface area (Å²) in [5.41, 5.74) is 6.25. The van der Waals surface area contributed by atoms with Gasteiger partial charge in [0.25, 0.3) is 0 Å². The highest BCUT2D eigenvalue weighted by Crippen LogP contribution is 2.46. The van der Waals surface area contributed by atoms with E-state index in [2.05, 4.69) is 211 Å². The van der Waals surface area contributed by atoms with E-state index in [1.165, 1.54) is 63.3 Å². The molecule has 5 heteroatoms. The molecule has 4 nitrogen and oxygen atoms in total. The third kappa shape index (κ3) is 5.87. The average molecular weight is 861 g/mol. The number of benzene rings is 11. The molecule has 0 aliphatic heterocycles. The molecule has 0 aliphatic rings. The number of nitrogens with zero attached hydrogens (tertiary/aromatic N) is 4. The Labute approximate surface area is 384 Å². The molecule has 0 N–H and O–H groups in total. The quantitative estimate of drug-likeness (QED) is 0.166. The van der Waals surface area contributed by atoms with Gasteiger partial charge in [-0.3, -0.25) is 4.57 Å². The highest BCUT2D eigenvalue weighted by atomic mass is 32.1. The number of thiophene rings is 1. The first-order valence-corrected chi connectivity index (χ1v) is 23.5. The van der Waals surface area contributed by atoms with E-state index in [9.17, 15) is 0 Å². The molecule has 0 radical (unpaired) electrons. The SMILES string of the molecule is CC.c1ccc2cc(-c3nc(-c4ccc5ccccc5c4)nc(-n4c5c(-c6ccc7sc8ccc9ccccc9c8c7c6)cccc5c5c6ccccc6c6ccccc6c54)n3)ccc2c1. The van der Waals surface area contributed by atoms with E-state index in [0.29, 0.717) is 17.6 Å². The number of para-hydroxylation sites is 1. The third-order valence-electron chi connectivity index (χ3n) is 13.2. The Hall–Kier alpha value is -8.25. The van der Waals surface area contributed by atoms with Crippen molar-refractivity contribution in [3.05, 3.63) is 206 Å². The van der Waals surface area contributed by atoms with E-state index in [1.807, 2.05) is 25.2 Å². The summed E-state index contributed by atoms with van der Waals surface area (Å²) >= 11 is 1.86. The van der Waals surface area contributed by atoms with Gasteiger partial charge in [-0.2, -0.15) is 9.97 Å². The molecule has 14 aromatic rings. The van der Waals surface area contributed by atoms with Crippen molar-refractivity contribution < 1.29 is 0 Å². The molecular formula is C61H40N4S. The Morgan fingerprint density at radius 3 is 1.53 bits per heavy atom. The molecule has 3 aromatic heterocycles. The molecule has 3 heterocycles. The van der Waals surface area contributed by atoms with Crippen LogP contribution >= 0.6 is 11.3 Å². The zero-order chi connectivity index (χ0) is 43.9. The predicted octanol–water partition coefficient (Wildman–Crippen LogP) is 17.1. The van der Waals surface area contributed by atoms with Crippen LogP contribution in [0.25, 0.3) is 136 Å². The fourth-order valence-corrected chi connectivity index (χ4v) is 11.4. The van der Waals surface area contributed by atoms with Crippen LogP contribution in [0.2, 0.25) is 0 Å². The highest BCUT2D eigenvalue weighted by molar-refractivity contribution is 7.26. The topological polar surface area (TPSA) is 43.6 Å². The summed E-state index contributed by atoms with van der Waals surface area (Å²) in [4.78, 5) is 16.3. The first-order valence-electron chi connectivity index (χ1n) is 22.7. The summed E-state index contributed by atoms with van der Waals surface area (Å²) in [5.74, 6) is 1.81. The smallest absolute Gasteiger partial charge is 0.238 e. The molecule has 0 saturated heterocycles. The average Bonchev–Trinajstić information content (AvgIpc) is 3.96. The van der Waals surface area contributed by atoms with Crippen LogP contribution in [0.5, 0.6) is 0 Å². The molecule has 0 atom stereocenters. The lowest BCUT2D eigenvalue weighted by atomic mass is 9.95. The number of rotatable bonds is 4. The number of hydrogen-bond donors (Lipinski definition) is 0. The van der Waals surface area contributed by atoms with Gasteiger partial charge >= 0.3 is 0 Å². The first-order chi connectivity index (χ1) is 32.7. The lowest BCUT2D eigenvalue weighted by molar-refractivity contribution is 0.956. The second-order valence-electron chi connectivity index (χ2n) is 16.7. The summed E-state index contributed by atoms with van der Waals surface area (Å²) in [6.45, 7) is 4.00. The summed E-state index contributed by atoms with van der Waals surface area (Å²) in [5, 5.41) is 16.8. The standard InChI is InChI=1S/C59H34N4S.C2H6/c1-3-15-38-32-41(26-24-35(38)12-1)57-60-58(42-27-25-36-13-2-4-16-39(36)33-42)62-59(61-57)63-55-44(40-29-30-51-50(34-40)53-43-17-6-5-14-37(43)28-31-52(53)64-51)22-11-23-49(55)54-47-20-9-7-18-45(47)46-19-8-10-21-48(46)56(54)63;1-2/h1-34H;1-2H3. The molecule has 14 rings (SSSR count). The van der Waals surface area contributed by atoms with Crippen molar-refractivity contribution in [2.24, 2.45) is 0 Å². The zero-order valence-electron chi connectivity index (χ0n) is 36.3. The Morgan fingerprint density at radius 1 is 0.333 bits per heavy atom. The largest absolute Gasteiger partial charge is 0.277 e. The summed E-state index contributed by atoms with van der Waals surface area (Å²) in [6.07, 6.45) is 0. The zero-order valence-corrected chi connectivity index (χ0v) is 37.1. The monoisotopic (exact) mass is 860 g/mol. The minimum atomic E-state index is 0.572. The highest BCUT2D eigenvalue weighted by Gasteiger charge is 2.25. The lowest BCUT2D eigenvalue weighted by Gasteiger charge is -2.15. The minimum absolute atomic E-state index is 0.572. The van der Waals surface area contributed by atoms with E-state index in [1.54, 1.807) is 0 Å². The van der Waals surface area contributed by atoms with Gasteiger partial charge in [-0.1, -0.05) is 190 Å². The predicted molar refractivity (Wildman–Crippen MR) is 282 cm³/mol. The molecule has 66 heavy (non-hydrogen) atoms. The van der Waals surface area contributed by atoms with Crippen LogP contribution in [0.3, 0.4) is 0 Å². The Bertz CT molecular complexity index is 4180. The van der Waals surface area contributed by atoms with Gasteiger partial charge in [-0.15, -0.1) is 11.3 Å². The van der Waals surface area contributed by atoms with Crippen LogP contribution in [-0.4, -0.2) is 19.5 Å². The molecule has 11 aromatic carbocycles. The fraction of sp³-hybridized carbons (Fsp3) is 0.0328. The van der Waals surface area contributed by atoms with Gasteiger partial charge in [0.1, 0.15) is 0 Å². The Balaban J connectivity index is 0.00000215. The fourth-order valence-electron chi connectivity index (χ4n) is 10.3. The van der Waals surface area contributed by atoms with Crippen LogP contribution in [0, 0.1) is 0 Å². The van der Waals surface area contributed by atoms with Gasteiger partial charge < -0.3 is 0 Å². The van der Waals surface area contributed by atoms with Crippen molar-refractivity contribution in [1.29, 1.82) is 0 Å². The van der Waals surface area contributed by atoms with Crippen LogP contribution < -0.4 is 0 Å². The van der Waals surface area contributed by atoms with Crippen LogP contribution in [-0.2, 0) is 0 Å². The molecule has 0 spiro atoms. The van der Waals surface area contributed by atoms with Crippen molar-refractivity contribution >= 4 is 107 Å². The molecule has 0 unspecified atom stereocenters. The van der Waals surface area contributed by atoms with E-state index >= 15 is 0 Å². The van der Waals surface area contributed by atoms with E-state index in [0.717, 1.165) is 54.8 Å². The molecular weight excluding hydrogens is 821 g/mol. The second kappa shape index (κ2) is 15.2. The number of hydrogen-bond acceptors (Lipinski definition) is 4. The molecule has 0 aliphatic carbocycles.